The number of nitrogens with zero attached hydrogens (tertiary/aromatic N) is 3. The Kier molecular flexibility index (Phi) is 5.63. The molecular formula is C20H18N4O2S. The molecule has 0 aliphatic carbocycles. The van der Waals surface area contributed by atoms with Crippen molar-refractivity contribution < 1.29 is 9.90 Å². The Labute approximate surface area is 160 Å². The van der Waals surface area contributed by atoms with Crippen LogP contribution in [0.25, 0.3) is 11.3 Å². The van der Waals surface area contributed by atoms with Gasteiger partial charge in [-0.05, 0) is 23.8 Å². The van der Waals surface area contributed by atoms with Crippen LogP contribution in [0.5, 0.6) is 5.75 Å². The molecule has 0 saturated carbocycles. The van der Waals surface area contributed by atoms with Gasteiger partial charge in [0.2, 0.25) is 4.80 Å². The van der Waals surface area contributed by atoms with E-state index in [0.29, 0.717) is 16.9 Å². The van der Waals surface area contributed by atoms with E-state index in [1.54, 1.807) is 29.1 Å². The largest absolute Gasteiger partial charge is 0.507 e. The second-order valence-corrected chi connectivity index (χ2v) is 6.43. The Balaban J connectivity index is 2.12. The second-order valence-electron chi connectivity index (χ2n) is 5.60. The van der Waals surface area contributed by atoms with Gasteiger partial charge in [-0.25, -0.2) is 4.68 Å². The lowest BCUT2D eigenvalue weighted by Crippen LogP contribution is -2.13. The van der Waals surface area contributed by atoms with Crippen molar-refractivity contribution in [3.63, 3.8) is 0 Å². The minimum atomic E-state index is -0.694. The Morgan fingerprint density at radius 1 is 1.26 bits per heavy atom. The van der Waals surface area contributed by atoms with E-state index in [9.17, 15) is 9.90 Å². The van der Waals surface area contributed by atoms with Crippen LogP contribution in [0.4, 0.5) is 0 Å². The van der Waals surface area contributed by atoms with Crippen molar-refractivity contribution in [2.75, 3.05) is 6.54 Å². The van der Waals surface area contributed by atoms with Gasteiger partial charge in [0.1, 0.15) is 5.75 Å². The zero-order valence-corrected chi connectivity index (χ0v) is 15.3. The number of carbonyl (C=O) groups excluding carboxylic acids is 1. The molecule has 1 aromatic heterocycles. The summed E-state index contributed by atoms with van der Waals surface area (Å²) < 4.78 is 1.69. The Morgan fingerprint density at radius 2 is 2.04 bits per heavy atom. The van der Waals surface area contributed by atoms with Crippen LogP contribution in [-0.4, -0.2) is 28.4 Å². The van der Waals surface area contributed by atoms with E-state index in [4.69, 9.17) is 5.73 Å². The van der Waals surface area contributed by atoms with Crippen molar-refractivity contribution >= 4 is 23.5 Å². The predicted octanol–water partition coefficient (Wildman–Crippen LogP) is 2.99. The summed E-state index contributed by atoms with van der Waals surface area (Å²) in [6, 6.07) is 14.4. The number of carbonyl (C=O) groups is 1. The monoisotopic (exact) mass is 378 g/mol. The number of aromatic nitrogens is 1. The first-order chi connectivity index (χ1) is 13.1. The van der Waals surface area contributed by atoms with Gasteiger partial charge >= 0.3 is 0 Å². The molecule has 1 amide bonds. The maximum absolute atomic E-state index is 11.5. The highest BCUT2D eigenvalue weighted by Gasteiger charge is 2.13. The van der Waals surface area contributed by atoms with Gasteiger partial charge in [0, 0.05) is 10.9 Å². The van der Waals surface area contributed by atoms with Crippen LogP contribution in [-0.2, 0) is 0 Å². The summed E-state index contributed by atoms with van der Waals surface area (Å²) in [5.74, 6) is -0.849. The molecule has 0 atom stereocenters. The number of hydrogen-bond donors (Lipinski definition) is 2. The van der Waals surface area contributed by atoms with Crippen LogP contribution in [0.15, 0.2) is 76.7 Å². The average molecular weight is 378 g/mol. The van der Waals surface area contributed by atoms with Gasteiger partial charge in [0.05, 0.1) is 24.0 Å². The van der Waals surface area contributed by atoms with Gasteiger partial charge in [-0.1, -0.05) is 36.4 Å². The minimum Gasteiger partial charge on any atom is -0.507 e. The van der Waals surface area contributed by atoms with Gasteiger partial charge in [0.15, 0.2) is 0 Å². The van der Waals surface area contributed by atoms with E-state index < -0.39 is 5.91 Å². The van der Waals surface area contributed by atoms with E-state index in [1.807, 2.05) is 35.7 Å². The van der Waals surface area contributed by atoms with Gasteiger partial charge in [-0.3, -0.25) is 9.79 Å². The molecule has 0 bridgehead atoms. The van der Waals surface area contributed by atoms with Gasteiger partial charge < -0.3 is 10.8 Å². The SMILES string of the molecule is C=CCN=c1scc(-c2ccc(O)c(C(N)=O)c2)n1N=Cc1ccccc1. The van der Waals surface area contributed by atoms with Crippen LogP contribution in [0.1, 0.15) is 15.9 Å². The molecule has 2 aromatic carbocycles. The van der Waals surface area contributed by atoms with Crippen LogP contribution in [0.2, 0.25) is 0 Å². The Morgan fingerprint density at radius 3 is 2.74 bits per heavy atom. The van der Waals surface area contributed by atoms with Crippen molar-refractivity contribution in [2.45, 2.75) is 0 Å². The lowest BCUT2D eigenvalue weighted by molar-refractivity contribution is 0.0998. The molecule has 0 radical (unpaired) electrons. The summed E-state index contributed by atoms with van der Waals surface area (Å²) >= 11 is 1.42. The molecule has 0 unspecified atom stereocenters. The topological polar surface area (TPSA) is 93.0 Å². The fraction of sp³-hybridized carbons (Fsp3) is 0.0500. The molecule has 1 heterocycles. The number of benzene rings is 2. The van der Waals surface area contributed by atoms with E-state index in [0.717, 1.165) is 11.3 Å². The molecule has 3 rings (SSSR count). The fourth-order valence-electron chi connectivity index (χ4n) is 2.42. The van der Waals surface area contributed by atoms with E-state index in [-0.39, 0.29) is 11.3 Å². The number of amides is 1. The first-order valence-electron chi connectivity index (χ1n) is 8.14. The molecule has 3 N–H and O–H groups in total. The summed E-state index contributed by atoms with van der Waals surface area (Å²) in [6.07, 6.45) is 3.44. The lowest BCUT2D eigenvalue weighted by atomic mass is 10.1. The van der Waals surface area contributed by atoms with Crippen LogP contribution in [0, 0.1) is 0 Å². The molecule has 7 heteroatoms. The summed E-state index contributed by atoms with van der Waals surface area (Å²) in [4.78, 5) is 16.7. The number of nitrogens with two attached hydrogens (primary N) is 1. The molecule has 0 fully saturated rings. The van der Waals surface area contributed by atoms with Crippen LogP contribution >= 0.6 is 11.3 Å². The minimum absolute atomic E-state index is 0.0573. The zero-order chi connectivity index (χ0) is 19.2. The highest BCUT2D eigenvalue weighted by Crippen LogP contribution is 2.26. The number of rotatable bonds is 6. The van der Waals surface area contributed by atoms with Crippen LogP contribution in [0.3, 0.4) is 0 Å². The molecule has 3 aromatic rings. The van der Waals surface area contributed by atoms with Crippen molar-refractivity contribution in [3.8, 4) is 17.0 Å². The van der Waals surface area contributed by atoms with Crippen LogP contribution < -0.4 is 10.5 Å². The maximum Gasteiger partial charge on any atom is 0.252 e. The van der Waals surface area contributed by atoms with E-state index in [2.05, 4.69) is 16.7 Å². The predicted molar refractivity (Wildman–Crippen MR) is 108 cm³/mol. The number of aromatic hydroxyl groups is 1. The number of hydrogen-bond acceptors (Lipinski definition) is 5. The quantitative estimate of drug-likeness (QED) is 0.510. The third-order valence-corrected chi connectivity index (χ3v) is 4.57. The van der Waals surface area contributed by atoms with Crippen molar-refractivity contribution in [1.29, 1.82) is 0 Å². The standard InChI is InChI=1S/C20H18N4O2S/c1-2-10-22-20-24(23-12-14-6-4-3-5-7-14)17(13-27-20)15-8-9-18(25)16(11-15)19(21)26/h2-9,11-13,25H,1,10H2,(H2,21,26). The lowest BCUT2D eigenvalue weighted by Gasteiger charge is -2.06. The highest BCUT2D eigenvalue weighted by molar-refractivity contribution is 7.07. The van der Waals surface area contributed by atoms with Crippen molar-refractivity contribution in [3.05, 3.63) is 82.5 Å². The smallest absolute Gasteiger partial charge is 0.252 e. The molecule has 136 valence electrons. The summed E-state index contributed by atoms with van der Waals surface area (Å²) in [5.41, 5.74) is 7.78. The number of primary amides is 1. The molecular weight excluding hydrogens is 360 g/mol. The molecule has 6 nitrogen and oxygen atoms in total. The van der Waals surface area contributed by atoms with E-state index >= 15 is 0 Å². The Hall–Kier alpha value is -3.45. The number of phenols is 1. The first kappa shape index (κ1) is 18.3. The highest BCUT2D eigenvalue weighted by atomic mass is 32.1. The summed E-state index contributed by atoms with van der Waals surface area (Å²) in [7, 11) is 0. The first-order valence-corrected chi connectivity index (χ1v) is 9.02. The van der Waals surface area contributed by atoms with Crippen molar-refractivity contribution in [2.24, 2.45) is 15.8 Å². The molecule has 0 aliphatic heterocycles. The molecule has 27 heavy (non-hydrogen) atoms. The summed E-state index contributed by atoms with van der Waals surface area (Å²) in [6.45, 7) is 4.15. The van der Waals surface area contributed by atoms with Gasteiger partial charge in [-0.2, -0.15) is 5.10 Å². The van der Waals surface area contributed by atoms with Gasteiger partial charge in [0.25, 0.3) is 5.91 Å². The molecule has 0 aliphatic rings. The third-order valence-electron chi connectivity index (χ3n) is 3.72. The summed E-state index contributed by atoms with van der Waals surface area (Å²) in [5, 5.41) is 16.3. The third kappa shape index (κ3) is 4.21. The molecule has 0 saturated heterocycles. The second kappa shape index (κ2) is 8.29. The van der Waals surface area contributed by atoms with E-state index in [1.165, 1.54) is 17.4 Å². The van der Waals surface area contributed by atoms with Crippen molar-refractivity contribution in [1.82, 2.24) is 4.68 Å². The molecule has 0 spiro atoms. The zero-order valence-electron chi connectivity index (χ0n) is 14.4. The average Bonchev–Trinajstić information content (AvgIpc) is 3.08. The number of thiazole rings is 1. The maximum atomic E-state index is 11.5. The normalized spacial score (nSPS) is 11.8. The van der Waals surface area contributed by atoms with Gasteiger partial charge in [-0.15, -0.1) is 17.9 Å². The fourth-order valence-corrected chi connectivity index (χ4v) is 3.26. The Bertz CT molecular complexity index is 1070.